The summed E-state index contributed by atoms with van der Waals surface area (Å²) in [6.45, 7) is 4.25. The number of hydrogen-bond donors (Lipinski definition) is 2. The van der Waals surface area contributed by atoms with Gasteiger partial charge in [0.2, 0.25) is 10.0 Å². The lowest BCUT2D eigenvalue weighted by atomic mass is 10.3. The molecule has 20 heavy (non-hydrogen) atoms. The van der Waals surface area contributed by atoms with E-state index in [0.717, 1.165) is 10.4 Å². The largest absolute Gasteiger partial charge is 0.383 e. The minimum Gasteiger partial charge on any atom is -0.383 e. The summed E-state index contributed by atoms with van der Waals surface area (Å²) < 4.78 is 27.6. The maximum Gasteiger partial charge on any atom is 0.244 e. The van der Waals surface area contributed by atoms with Crippen LogP contribution in [0.4, 0.5) is 5.82 Å². The first-order valence-corrected chi connectivity index (χ1v) is 8.85. The molecule has 0 fully saturated rings. The fourth-order valence-corrected chi connectivity index (χ4v) is 4.31. The van der Waals surface area contributed by atoms with Crippen LogP contribution >= 0.6 is 27.3 Å². The van der Waals surface area contributed by atoms with Crippen molar-refractivity contribution >= 4 is 43.1 Å². The maximum absolute atomic E-state index is 12.2. The number of nitrogen functional groups attached to an aromatic ring is 1. The molecular formula is C12H14BrN3O2S2. The number of pyridine rings is 1. The first-order chi connectivity index (χ1) is 9.29. The molecule has 0 saturated carbocycles. The van der Waals surface area contributed by atoms with Crippen molar-refractivity contribution in [1.29, 1.82) is 0 Å². The molecule has 0 amide bonds. The van der Waals surface area contributed by atoms with Crippen molar-refractivity contribution in [3.63, 3.8) is 0 Å². The molecule has 0 saturated heterocycles. The van der Waals surface area contributed by atoms with Crippen molar-refractivity contribution in [2.75, 3.05) is 5.73 Å². The zero-order valence-corrected chi connectivity index (χ0v) is 14.2. The van der Waals surface area contributed by atoms with Crippen LogP contribution in [0.15, 0.2) is 27.7 Å². The van der Waals surface area contributed by atoms with Gasteiger partial charge in [-0.3, -0.25) is 0 Å². The first-order valence-electron chi connectivity index (χ1n) is 5.76. The summed E-state index contributed by atoms with van der Waals surface area (Å²) in [6.07, 6.45) is 1.46. The summed E-state index contributed by atoms with van der Waals surface area (Å²) in [5, 5.41) is 0. The number of aryl methyl sites for hydroxylation is 2. The van der Waals surface area contributed by atoms with E-state index in [1.807, 2.05) is 19.9 Å². The van der Waals surface area contributed by atoms with Gasteiger partial charge in [0.05, 0.1) is 0 Å². The van der Waals surface area contributed by atoms with Crippen molar-refractivity contribution in [2.24, 2.45) is 0 Å². The molecule has 0 bridgehead atoms. The van der Waals surface area contributed by atoms with Gasteiger partial charge < -0.3 is 5.73 Å². The third kappa shape index (κ3) is 3.38. The molecule has 2 aromatic rings. The number of nitrogens with two attached hydrogens (primary N) is 1. The van der Waals surface area contributed by atoms with Crippen LogP contribution in [0.25, 0.3) is 0 Å². The molecule has 2 heterocycles. The number of aromatic nitrogens is 1. The zero-order valence-electron chi connectivity index (χ0n) is 11.0. The molecule has 0 aliphatic rings. The lowest BCUT2D eigenvalue weighted by molar-refractivity contribution is 0.582. The van der Waals surface area contributed by atoms with Crippen molar-refractivity contribution in [3.8, 4) is 0 Å². The number of nitrogens with zero attached hydrogens (tertiary/aromatic N) is 1. The second-order valence-electron chi connectivity index (χ2n) is 4.31. The number of rotatable bonds is 4. The molecule has 0 unspecified atom stereocenters. The average Bonchev–Trinajstić information content (AvgIpc) is 2.69. The van der Waals surface area contributed by atoms with Crippen molar-refractivity contribution in [2.45, 2.75) is 25.3 Å². The Bertz CT molecular complexity index is 722. The van der Waals surface area contributed by atoms with E-state index < -0.39 is 10.0 Å². The van der Waals surface area contributed by atoms with Gasteiger partial charge in [-0.15, -0.1) is 11.3 Å². The molecule has 0 atom stereocenters. The highest BCUT2D eigenvalue weighted by Gasteiger charge is 2.19. The highest BCUT2D eigenvalue weighted by atomic mass is 79.9. The summed E-state index contributed by atoms with van der Waals surface area (Å²) in [7, 11) is -3.68. The van der Waals surface area contributed by atoms with E-state index in [1.165, 1.54) is 17.1 Å². The predicted octanol–water partition coefficient (Wildman–Crippen LogP) is 2.58. The molecule has 2 rings (SSSR count). The van der Waals surface area contributed by atoms with E-state index in [1.54, 1.807) is 11.3 Å². The van der Waals surface area contributed by atoms with Crippen molar-refractivity contribution in [3.05, 3.63) is 38.1 Å². The molecule has 0 spiro atoms. The van der Waals surface area contributed by atoms with Crippen LogP contribution < -0.4 is 10.5 Å². The molecule has 0 aliphatic heterocycles. The van der Waals surface area contributed by atoms with Crippen LogP contribution in [0.2, 0.25) is 0 Å². The van der Waals surface area contributed by atoms with Crippen molar-refractivity contribution in [1.82, 2.24) is 9.71 Å². The fourth-order valence-electron chi connectivity index (χ4n) is 1.63. The van der Waals surface area contributed by atoms with E-state index in [0.29, 0.717) is 4.47 Å². The van der Waals surface area contributed by atoms with Gasteiger partial charge in [-0.1, -0.05) is 0 Å². The molecule has 0 aromatic carbocycles. The van der Waals surface area contributed by atoms with Crippen LogP contribution in [-0.2, 0) is 16.6 Å². The van der Waals surface area contributed by atoms with Gasteiger partial charge in [0, 0.05) is 27.0 Å². The normalized spacial score (nSPS) is 11.8. The Morgan fingerprint density at radius 1 is 1.40 bits per heavy atom. The molecule has 108 valence electrons. The number of nitrogens with one attached hydrogen (secondary N) is 1. The SMILES string of the molecule is Cc1cc(CNS(=O)(=O)c2cc(Br)cnc2N)sc1C. The Morgan fingerprint density at radius 3 is 2.70 bits per heavy atom. The standard InChI is InChI=1S/C12H14BrN3O2S2/c1-7-3-10(19-8(7)2)6-16-20(17,18)11-4-9(13)5-15-12(11)14/h3-5,16H,6H2,1-2H3,(H2,14,15). The van der Waals surface area contributed by atoms with Gasteiger partial charge in [0.1, 0.15) is 10.7 Å². The monoisotopic (exact) mass is 375 g/mol. The van der Waals surface area contributed by atoms with Gasteiger partial charge in [-0.25, -0.2) is 18.1 Å². The van der Waals surface area contributed by atoms with Gasteiger partial charge in [-0.2, -0.15) is 0 Å². The third-order valence-corrected chi connectivity index (χ3v) is 5.81. The van der Waals surface area contributed by atoms with Gasteiger partial charge in [0.15, 0.2) is 0 Å². The molecule has 5 nitrogen and oxygen atoms in total. The lowest BCUT2D eigenvalue weighted by Gasteiger charge is -2.08. The summed E-state index contributed by atoms with van der Waals surface area (Å²) in [6, 6.07) is 3.42. The molecule has 0 radical (unpaired) electrons. The average molecular weight is 376 g/mol. The third-order valence-electron chi connectivity index (χ3n) is 2.79. The number of hydrogen-bond acceptors (Lipinski definition) is 5. The summed E-state index contributed by atoms with van der Waals surface area (Å²) in [5.74, 6) is -0.0146. The molecular weight excluding hydrogens is 362 g/mol. The Labute approximate surface area is 130 Å². The maximum atomic E-state index is 12.2. The minimum absolute atomic E-state index is 0.0146. The Kier molecular flexibility index (Phi) is 4.48. The van der Waals surface area contributed by atoms with E-state index in [2.05, 4.69) is 25.6 Å². The predicted molar refractivity (Wildman–Crippen MR) is 84.2 cm³/mol. The number of anilines is 1. The van der Waals surface area contributed by atoms with Crippen LogP contribution in [0.3, 0.4) is 0 Å². The first kappa shape index (κ1) is 15.4. The number of thiophene rings is 1. The summed E-state index contributed by atoms with van der Waals surface area (Å²) in [5.41, 5.74) is 6.78. The highest BCUT2D eigenvalue weighted by molar-refractivity contribution is 9.10. The number of halogens is 1. The van der Waals surface area contributed by atoms with Crippen LogP contribution in [-0.4, -0.2) is 13.4 Å². The van der Waals surface area contributed by atoms with Crippen molar-refractivity contribution < 1.29 is 8.42 Å². The second kappa shape index (κ2) is 5.80. The van der Waals surface area contributed by atoms with E-state index in [4.69, 9.17) is 5.73 Å². The van der Waals surface area contributed by atoms with Gasteiger partial charge in [-0.05, 0) is 47.5 Å². The summed E-state index contributed by atoms with van der Waals surface area (Å²) in [4.78, 5) is 5.96. The summed E-state index contributed by atoms with van der Waals surface area (Å²) >= 11 is 4.76. The van der Waals surface area contributed by atoms with E-state index >= 15 is 0 Å². The topological polar surface area (TPSA) is 85.1 Å². The number of sulfonamides is 1. The van der Waals surface area contributed by atoms with E-state index in [9.17, 15) is 8.42 Å². The Balaban J connectivity index is 2.21. The van der Waals surface area contributed by atoms with Gasteiger partial charge in [0.25, 0.3) is 0 Å². The van der Waals surface area contributed by atoms with Gasteiger partial charge >= 0.3 is 0 Å². The smallest absolute Gasteiger partial charge is 0.244 e. The Hall–Kier alpha value is -0.960. The fraction of sp³-hybridized carbons (Fsp3) is 0.250. The molecule has 2 aromatic heterocycles. The molecule has 8 heteroatoms. The second-order valence-corrected chi connectivity index (χ2v) is 8.31. The van der Waals surface area contributed by atoms with E-state index in [-0.39, 0.29) is 17.3 Å². The Morgan fingerprint density at radius 2 is 2.10 bits per heavy atom. The molecule has 0 aliphatic carbocycles. The molecule has 3 N–H and O–H groups in total. The lowest BCUT2D eigenvalue weighted by Crippen LogP contribution is -2.24. The zero-order chi connectivity index (χ0) is 14.9. The van der Waals surface area contributed by atoms with Crippen LogP contribution in [0, 0.1) is 13.8 Å². The quantitative estimate of drug-likeness (QED) is 0.859. The van der Waals surface area contributed by atoms with Crippen LogP contribution in [0.1, 0.15) is 15.3 Å². The minimum atomic E-state index is -3.68. The highest BCUT2D eigenvalue weighted by Crippen LogP contribution is 2.23. The van der Waals surface area contributed by atoms with Crippen LogP contribution in [0.5, 0.6) is 0 Å².